The summed E-state index contributed by atoms with van der Waals surface area (Å²) in [7, 11) is 0. The van der Waals surface area contributed by atoms with Gasteiger partial charge >= 0.3 is 17.9 Å². The quantitative estimate of drug-likeness (QED) is 0.306. The van der Waals surface area contributed by atoms with Gasteiger partial charge in [0.2, 0.25) is 0 Å². The van der Waals surface area contributed by atoms with Crippen molar-refractivity contribution in [2.24, 2.45) is 22.7 Å². The van der Waals surface area contributed by atoms with Crippen molar-refractivity contribution in [3.05, 3.63) is 23.6 Å². The van der Waals surface area contributed by atoms with E-state index in [0.717, 1.165) is 6.42 Å². The monoisotopic (exact) mass is 408 g/mol. The zero-order valence-electron chi connectivity index (χ0n) is 16.9. The Morgan fingerprint density at radius 1 is 1.32 bits per heavy atom. The number of carbonyl (C=O) groups excluding carboxylic acids is 3. The Morgan fingerprint density at radius 2 is 2.04 bits per heavy atom. The fourth-order valence-corrected chi connectivity index (χ4v) is 5.64. The summed E-state index contributed by atoms with van der Waals surface area (Å²) >= 11 is 1.38. The van der Waals surface area contributed by atoms with Crippen molar-refractivity contribution >= 4 is 29.7 Å². The van der Waals surface area contributed by atoms with E-state index in [9.17, 15) is 14.4 Å². The molecule has 6 nitrogen and oxygen atoms in total. The Hall–Kier alpha value is -1.76. The molecule has 154 valence electrons. The first-order valence-corrected chi connectivity index (χ1v) is 10.9. The molecule has 1 spiro atoms. The molecule has 6 atom stereocenters. The molecule has 0 radical (unpaired) electrons. The van der Waals surface area contributed by atoms with Crippen LogP contribution in [0.1, 0.15) is 40.0 Å². The minimum Gasteiger partial charge on any atom is -0.462 e. The zero-order valence-corrected chi connectivity index (χ0v) is 17.7. The summed E-state index contributed by atoms with van der Waals surface area (Å²) in [6.45, 7) is 9.85. The molecule has 7 heteroatoms. The van der Waals surface area contributed by atoms with Gasteiger partial charge in [-0.1, -0.05) is 20.4 Å². The van der Waals surface area contributed by atoms with Crippen molar-refractivity contribution < 1.29 is 28.6 Å². The van der Waals surface area contributed by atoms with Crippen LogP contribution in [0.2, 0.25) is 0 Å². The number of thioether (sulfide) groups is 1. The van der Waals surface area contributed by atoms with Gasteiger partial charge in [-0.05, 0) is 47.8 Å². The van der Waals surface area contributed by atoms with E-state index in [2.05, 4.69) is 20.4 Å². The lowest BCUT2D eigenvalue weighted by atomic mass is 9.61. The van der Waals surface area contributed by atoms with Crippen molar-refractivity contribution in [1.82, 2.24) is 0 Å². The van der Waals surface area contributed by atoms with Crippen molar-refractivity contribution in [3.63, 3.8) is 0 Å². The van der Waals surface area contributed by atoms with Gasteiger partial charge in [0.05, 0.1) is 0 Å². The van der Waals surface area contributed by atoms with E-state index in [1.807, 2.05) is 6.26 Å². The lowest BCUT2D eigenvalue weighted by Gasteiger charge is -2.46. The Morgan fingerprint density at radius 3 is 2.61 bits per heavy atom. The molecule has 1 heterocycles. The predicted molar refractivity (Wildman–Crippen MR) is 105 cm³/mol. The van der Waals surface area contributed by atoms with Gasteiger partial charge in [-0.2, -0.15) is 0 Å². The van der Waals surface area contributed by atoms with E-state index in [0.29, 0.717) is 18.4 Å². The summed E-state index contributed by atoms with van der Waals surface area (Å²) in [5.41, 5.74) is -0.800. The summed E-state index contributed by atoms with van der Waals surface area (Å²) in [5.74, 6) is -1.31. The van der Waals surface area contributed by atoms with Crippen LogP contribution in [-0.4, -0.2) is 43.0 Å². The average molecular weight is 409 g/mol. The third kappa shape index (κ3) is 3.17. The van der Waals surface area contributed by atoms with Crippen LogP contribution in [0, 0.1) is 22.7 Å². The Bertz CT molecular complexity index is 712. The third-order valence-corrected chi connectivity index (χ3v) is 7.33. The van der Waals surface area contributed by atoms with Crippen LogP contribution in [0.25, 0.3) is 0 Å². The van der Waals surface area contributed by atoms with Crippen LogP contribution in [0.3, 0.4) is 0 Å². The summed E-state index contributed by atoms with van der Waals surface area (Å²) in [5, 5.41) is 1.64. The second kappa shape index (κ2) is 7.58. The van der Waals surface area contributed by atoms with E-state index in [-0.39, 0.29) is 29.8 Å². The fourth-order valence-electron chi connectivity index (χ4n) is 5.39. The first-order chi connectivity index (χ1) is 13.2. The number of esters is 3. The van der Waals surface area contributed by atoms with Gasteiger partial charge in [0.25, 0.3) is 0 Å². The van der Waals surface area contributed by atoms with Crippen LogP contribution in [0.5, 0.6) is 0 Å². The van der Waals surface area contributed by atoms with Gasteiger partial charge in [-0.3, -0.25) is 9.59 Å². The largest absolute Gasteiger partial charge is 0.462 e. The maximum atomic E-state index is 12.9. The van der Waals surface area contributed by atoms with E-state index in [1.54, 1.807) is 5.41 Å². The van der Waals surface area contributed by atoms with Gasteiger partial charge in [-0.15, -0.1) is 11.8 Å². The minimum absolute atomic E-state index is 0.128. The highest BCUT2D eigenvalue weighted by Gasteiger charge is 2.71. The van der Waals surface area contributed by atoms with Crippen LogP contribution in [-0.2, 0) is 28.6 Å². The molecule has 2 saturated carbocycles. The fraction of sp³-hybridized carbons (Fsp3) is 0.667. The van der Waals surface area contributed by atoms with Crippen molar-refractivity contribution in [1.29, 1.82) is 0 Å². The maximum Gasteiger partial charge on any atom is 0.331 e. The number of hydrogen-bond acceptors (Lipinski definition) is 7. The standard InChI is InChI=1S/C21H28O6S/c1-12-6-7-15(26-14(3)22)17-18(27-16(23)8-9-28-5)21(11-20(12,17)4)13(2)10-25-19(21)24/h8-9,12,15,17-18H,2,6-7,10-11H2,1,3-5H3/b9-8-/t12-,15-,17+,18+,20+,21+/m0/s1. The van der Waals surface area contributed by atoms with E-state index >= 15 is 0 Å². The molecule has 0 aromatic heterocycles. The Kier molecular flexibility index (Phi) is 5.67. The SMILES string of the molecule is C=C1COC(=O)[C@]12C[C@@]1(C)[C@H]([C@@H](OC(C)=O)CC[C@@H]1C)[C@H]2OC(=O)/C=C\SC. The molecular weight excluding hydrogens is 380 g/mol. The van der Waals surface area contributed by atoms with Crippen molar-refractivity contribution in [3.8, 4) is 0 Å². The minimum atomic E-state index is -1.08. The highest BCUT2D eigenvalue weighted by atomic mass is 32.2. The highest BCUT2D eigenvalue weighted by Crippen LogP contribution is 2.66. The molecule has 2 aliphatic carbocycles. The molecule has 0 bridgehead atoms. The molecular formula is C21H28O6S. The molecule has 1 aliphatic heterocycles. The molecule has 0 aromatic carbocycles. The van der Waals surface area contributed by atoms with Gasteiger partial charge < -0.3 is 14.2 Å². The molecule has 0 N–H and O–H groups in total. The van der Waals surface area contributed by atoms with Crippen LogP contribution in [0.15, 0.2) is 23.6 Å². The molecule has 3 fully saturated rings. The topological polar surface area (TPSA) is 78.9 Å². The number of fused-ring (bicyclic) bond motifs is 1. The summed E-state index contributed by atoms with van der Waals surface area (Å²) < 4.78 is 16.9. The van der Waals surface area contributed by atoms with Crippen LogP contribution < -0.4 is 0 Å². The second-order valence-electron chi connectivity index (χ2n) is 8.38. The highest BCUT2D eigenvalue weighted by molar-refractivity contribution is 8.01. The first-order valence-electron chi connectivity index (χ1n) is 9.59. The Labute approximate surface area is 170 Å². The van der Waals surface area contributed by atoms with Gasteiger partial charge in [-0.25, -0.2) is 4.79 Å². The lowest BCUT2D eigenvalue weighted by Crippen LogP contribution is -2.50. The summed E-state index contributed by atoms with van der Waals surface area (Å²) in [6.07, 6.45) is 4.03. The van der Waals surface area contributed by atoms with Gasteiger partial charge in [0, 0.05) is 18.9 Å². The zero-order chi connectivity index (χ0) is 20.7. The number of cyclic esters (lactones) is 1. The van der Waals surface area contributed by atoms with Crippen molar-refractivity contribution in [2.75, 3.05) is 12.9 Å². The first kappa shape index (κ1) is 21.0. The predicted octanol–water partition coefficient (Wildman–Crippen LogP) is 3.26. The van der Waals surface area contributed by atoms with Crippen LogP contribution in [0.4, 0.5) is 0 Å². The molecule has 3 aliphatic rings. The smallest absolute Gasteiger partial charge is 0.331 e. The average Bonchev–Trinajstić information content (AvgIpc) is 3.06. The van der Waals surface area contributed by atoms with Crippen molar-refractivity contribution in [2.45, 2.75) is 52.2 Å². The molecule has 3 rings (SSSR count). The Balaban J connectivity index is 2.08. The lowest BCUT2D eigenvalue weighted by molar-refractivity contribution is -0.172. The number of carbonyl (C=O) groups is 3. The molecule has 28 heavy (non-hydrogen) atoms. The van der Waals surface area contributed by atoms with Crippen LogP contribution >= 0.6 is 11.8 Å². The molecule has 0 aromatic rings. The summed E-state index contributed by atoms with van der Waals surface area (Å²) in [6, 6.07) is 0. The second-order valence-corrected chi connectivity index (χ2v) is 9.13. The van der Waals surface area contributed by atoms with Gasteiger partial charge in [0.1, 0.15) is 24.2 Å². The normalized spacial score (nSPS) is 39.9. The molecule has 0 unspecified atom stereocenters. The maximum absolute atomic E-state index is 12.9. The van der Waals surface area contributed by atoms with E-state index in [1.165, 1.54) is 24.8 Å². The van der Waals surface area contributed by atoms with E-state index in [4.69, 9.17) is 14.2 Å². The number of rotatable bonds is 4. The van der Waals surface area contributed by atoms with E-state index < -0.39 is 29.6 Å². The summed E-state index contributed by atoms with van der Waals surface area (Å²) in [4.78, 5) is 37.2. The number of ether oxygens (including phenoxy) is 3. The number of hydrogen-bond donors (Lipinski definition) is 0. The van der Waals surface area contributed by atoms with Gasteiger partial charge in [0.15, 0.2) is 0 Å². The third-order valence-electron chi connectivity index (χ3n) is 6.92. The molecule has 0 amide bonds. The molecule has 1 saturated heterocycles.